The Balaban J connectivity index is 2.63. The molecular formula is C13H19NO3S2. The topological polar surface area (TPSA) is 63.2 Å². The number of hydrogen-bond donors (Lipinski definition) is 2. The van der Waals surface area contributed by atoms with Crippen molar-refractivity contribution in [2.45, 2.75) is 30.5 Å². The number of hydrogen-bond acceptors (Lipinski definition) is 4. The number of rotatable bonds is 5. The van der Waals surface area contributed by atoms with Crippen molar-refractivity contribution in [2.75, 3.05) is 6.26 Å². The molecule has 1 rings (SSSR count). The summed E-state index contributed by atoms with van der Waals surface area (Å²) in [7, 11) is -3.18. The first-order valence-electron chi connectivity index (χ1n) is 5.96. The number of thiol groups is 1. The second-order valence-corrected chi connectivity index (χ2v) is 7.39. The number of carbonyl (C=O) groups is 1. The molecule has 0 saturated carbocycles. The molecule has 1 N–H and O–H groups in total. The van der Waals surface area contributed by atoms with Gasteiger partial charge in [-0.25, -0.2) is 8.42 Å². The molecule has 1 amide bonds. The van der Waals surface area contributed by atoms with E-state index in [1.165, 1.54) is 12.1 Å². The van der Waals surface area contributed by atoms with Gasteiger partial charge in [-0.05, 0) is 23.6 Å². The molecule has 19 heavy (non-hydrogen) atoms. The molecule has 0 aliphatic heterocycles. The summed E-state index contributed by atoms with van der Waals surface area (Å²) in [5.74, 6) is 0.0430. The molecule has 0 fully saturated rings. The van der Waals surface area contributed by atoms with Gasteiger partial charge in [0.05, 0.1) is 10.1 Å². The molecule has 0 spiro atoms. The van der Waals surface area contributed by atoms with Gasteiger partial charge in [0, 0.05) is 12.8 Å². The van der Waals surface area contributed by atoms with E-state index in [9.17, 15) is 13.2 Å². The van der Waals surface area contributed by atoms with Crippen LogP contribution >= 0.6 is 12.6 Å². The minimum atomic E-state index is -3.18. The maximum absolute atomic E-state index is 11.7. The zero-order valence-corrected chi connectivity index (χ0v) is 13.0. The van der Waals surface area contributed by atoms with Gasteiger partial charge in [-0.15, -0.1) is 0 Å². The smallest absolute Gasteiger partial charge is 0.233 e. The maximum atomic E-state index is 11.7. The fourth-order valence-electron chi connectivity index (χ4n) is 1.45. The molecule has 1 unspecified atom stereocenters. The summed E-state index contributed by atoms with van der Waals surface area (Å²) in [5, 5.41) is 2.44. The normalized spacial score (nSPS) is 13.3. The molecule has 1 aromatic rings. The zero-order valence-electron chi connectivity index (χ0n) is 11.3. The predicted molar refractivity (Wildman–Crippen MR) is 79.0 cm³/mol. The summed E-state index contributed by atoms with van der Waals surface area (Å²) in [6.45, 7) is 4.23. The lowest BCUT2D eigenvalue weighted by Crippen LogP contribution is -2.33. The average Bonchev–Trinajstić information content (AvgIpc) is 2.34. The van der Waals surface area contributed by atoms with Gasteiger partial charge in [0.15, 0.2) is 9.84 Å². The Morgan fingerprint density at radius 3 is 2.21 bits per heavy atom. The number of amides is 1. The van der Waals surface area contributed by atoms with Gasteiger partial charge in [-0.1, -0.05) is 26.0 Å². The van der Waals surface area contributed by atoms with Gasteiger partial charge in [-0.2, -0.15) is 12.6 Å². The summed E-state index contributed by atoms with van der Waals surface area (Å²) in [6.07, 6.45) is 1.16. The van der Waals surface area contributed by atoms with E-state index in [-0.39, 0.29) is 22.0 Å². The van der Waals surface area contributed by atoms with Crippen LogP contribution in [0.4, 0.5) is 0 Å². The lowest BCUT2D eigenvalue weighted by molar-refractivity contribution is -0.121. The van der Waals surface area contributed by atoms with Crippen LogP contribution in [0.3, 0.4) is 0 Å². The first kappa shape index (κ1) is 16.0. The molecule has 0 aliphatic carbocycles. The minimum Gasteiger partial charge on any atom is -0.351 e. The van der Waals surface area contributed by atoms with Crippen molar-refractivity contribution in [3.05, 3.63) is 29.8 Å². The lowest BCUT2D eigenvalue weighted by Gasteiger charge is -2.14. The van der Waals surface area contributed by atoms with Crippen molar-refractivity contribution in [3.63, 3.8) is 0 Å². The Labute approximate surface area is 119 Å². The van der Waals surface area contributed by atoms with Crippen LogP contribution in [0.15, 0.2) is 29.2 Å². The molecule has 0 aromatic heterocycles. The minimum absolute atomic E-state index is 0.120. The van der Waals surface area contributed by atoms with Gasteiger partial charge in [0.25, 0.3) is 0 Å². The molecule has 1 atom stereocenters. The highest BCUT2D eigenvalue weighted by molar-refractivity contribution is 7.90. The van der Waals surface area contributed by atoms with Gasteiger partial charge < -0.3 is 5.32 Å². The Morgan fingerprint density at radius 1 is 1.26 bits per heavy atom. The van der Waals surface area contributed by atoms with E-state index in [1.807, 2.05) is 13.8 Å². The fourth-order valence-corrected chi connectivity index (χ4v) is 2.17. The highest BCUT2D eigenvalue weighted by Crippen LogP contribution is 2.11. The Kier molecular flexibility index (Phi) is 5.43. The van der Waals surface area contributed by atoms with Crippen molar-refractivity contribution in [1.29, 1.82) is 0 Å². The lowest BCUT2D eigenvalue weighted by atomic mass is 10.1. The van der Waals surface area contributed by atoms with Crippen molar-refractivity contribution in [1.82, 2.24) is 5.32 Å². The van der Waals surface area contributed by atoms with Crippen LogP contribution < -0.4 is 5.32 Å². The number of sulfone groups is 1. The van der Waals surface area contributed by atoms with E-state index in [1.54, 1.807) is 12.1 Å². The van der Waals surface area contributed by atoms with E-state index >= 15 is 0 Å². The van der Waals surface area contributed by atoms with Crippen LogP contribution in [0.2, 0.25) is 0 Å². The third-order valence-electron chi connectivity index (χ3n) is 2.72. The SMILES string of the molecule is CC(C)C(S)C(=O)NCc1ccc(S(C)(=O)=O)cc1. The molecule has 0 bridgehead atoms. The van der Waals surface area contributed by atoms with Crippen LogP contribution in [0.25, 0.3) is 0 Å². The molecule has 4 nitrogen and oxygen atoms in total. The van der Waals surface area contributed by atoms with Crippen molar-refractivity contribution < 1.29 is 13.2 Å². The molecule has 106 valence electrons. The summed E-state index contributed by atoms with van der Waals surface area (Å²) < 4.78 is 22.6. The summed E-state index contributed by atoms with van der Waals surface area (Å²) in [4.78, 5) is 12.0. The second-order valence-electron chi connectivity index (χ2n) is 4.82. The first-order valence-corrected chi connectivity index (χ1v) is 8.37. The van der Waals surface area contributed by atoms with E-state index in [2.05, 4.69) is 17.9 Å². The molecule has 1 aromatic carbocycles. The number of carbonyl (C=O) groups excluding carboxylic acids is 1. The molecule has 0 aliphatic rings. The summed E-state index contributed by atoms with van der Waals surface area (Å²) in [6, 6.07) is 6.47. The summed E-state index contributed by atoms with van der Waals surface area (Å²) in [5.41, 5.74) is 0.852. The molecule has 0 saturated heterocycles. The van der Waals surface area contributed by atoms with E-state index < -0.39 is 9.84 Å². The fraction of sp³-hybridized carbons (Fsp3) is 0.462. The van der Waals surface area contributed by atoms with Gasteiger partial charge in [0.1, 0.15) is 0 Å². The predicted octanol–water partition coefficient (Wildman–Crippen LogP) is 1.66. The van der Waals surface area contributed by atoms with Gasteiger partial charge in [-0.3, -0.25) is 4.79 Å². The Bertz CT molecular complexity index is 536. The van der Waals surface area contributed by atoms with Crippen LogP contribution in [0.1, 0.15) is 19.4 Å². The van der Waals surface area contributed by atoms with Gasteiger partial charge >= 0.3 is 0 Å². The maximum Gasteiger partial charge on any atom is 0.233 e. The number of nitrogens with one attached hydrogen (secondary N) is 1. The Hall–Kier alpha value is -1.01. The summed E-state index contributed by atoms with van der Waals surface area (Å²) >= 11 is 4.23. The van der Waals surface area contributed by atoms with Gasteiger partial charge in [0.2, 0.25) is 5.91 Å². The van der Waals surface area contributed by atoms with Crippen LogP contribution in [0, 0.1) is 5.92 Å². The van der Waals surface area contributed by atoms with Crippen molar-refractivity contribution >= 4 is 28.4 Å². The number of benzene rings is 1. The Morgan fingerprint density at radius 2 is 1.79 bits per heavy atom. The van der Waals surface area contributed by atoms with E-state index in [0.29, 0.717) is 6.54 Å². The quantitative estimate of drug-likeness (QED) is 0.813. The van der Waals surface area contributed by atoms with Crippen LogP contribution in [-0.2, 0) is 21.2 Å². The van der Waals surface area contributed by atoms with Crippen LogP contribution in [0.5, 0.6) is 0 Å². The van der Waals surface area contributed by atoms with Crippen LogP contribution in [-0.4, -0.2) is 25.8 Å². The third-order valence-corrected chi connectivity index (χ3v) is 4.68. The highest BCUT2D eigenvalue weighted by Gasteiger charge is 2.17. The standard InChI is InChI=1S/C13H19NO3S2/c1-9(2)12(18)13(15)14-8-10-4-6-11(7-5-10)19(3,16)17/h4-7,9,12,18H,8H2,1-3H3,(H,14,15). The largest absolute Gasteiger partial charge is 0.351 e. The average molecular weight is 301 g/mol. The zero-order chi connectivity index (χ0) is 14.6. The van der Waals surface area contributed by atoms with Crippen molar-refractivity contribution in [3.8, 4) is 0 Å². The first-order chi connectivity index (χ1) is 8.71. The second kappa shape index (κ2) is 6.43. The van der Waals surface area contributed by atoms with E-state index in [4.69, 9.17) is 0 Å². The molecular weight excluding hydrogens is 282 g/mol. The molecule has 0 radical (unpaired) electrons. The molecule has 6 heteroatoms. The molecule has 0 heterocycles. The monoisotopic (exact) mass is 301 g/mol. The third kappa shape index (κ3) is 4.87. The van der Waals surface area contributed by atoms with E-state index in [0.717, 1.165) is 11.8 Å². The highest BCUT2D eigenvalue weighted by atomic mass is 32.2. The van der Waals surface area contributed by atoms with Crippen molar-refractivity contribution in [2.24, 2.45) is 5.92 Å².